The van der Waals surface area contributed by atoms with Gasteiger partial charge in [-0.2, -0.15) is 5.26 Å². The van der Waals surface area contributed by atoms with E-state index in [4.69, 9.17) is 0 Å². The molecule has 0 aliphatic carbocycles. The van der Waals surface area contributed by atoms with Crippen LogP contribution in [0.25, 0.3) is 6.08 Å². The number of allylic oxidation sites excluding steroid dienone is 1. The van der Waals surface area contributed by atoms with Crippen LogP contribution < -0.4 is 5.32 Å². The number of nitriles is 1. The molecule has 0 amide bonds. The van der Waals surface area contributed by atoms with E-state index in [-0.39, 0.29) is 6.04 Å². The normalized spacial score (nSPS) is 12.3. The molecule has 0 aliphatic rings. The Hall–Kier alpha value is -2.38. The smallest absolute Gasteiger partial charge is 0.106 e. The van der Waals surface area contributed by atoms with Crippen LogP contribution in [0.5, 0.6) is 0 Å². The van der Waals surface area contributed by atoms with Crippen molar-refractivity contribution in [1.29, 1.82) is 5.26 Å². The van der Waals surface area contributed by atoms with Crippen molar-refractivity contribution >= 4 is 22.0 Å². The van der Waals surface area contributed by atoms with Crippen LogP contribution >= 0.6 is 15.9 Å². The van der Waals surface area contributed by atoms with E-state index < -0.39 is 0 Å². The summed E-state index contributed by atoms with van der Waals surface area (Å²) >= 11 is 3.34. The monoisotopic (exact) mass is 381 g/mol. The minimum absolute atomic E-state index is 0.135. The van der Waals surface area contributed by atoms with Gasteiger partial charge in [-0.25, -0.2) is 4.98 Å². The van der Waals surface area contributed by atoms with Crippen molar-refractivity contribution in [2.75, 3.05) is 0 Å². The average Bonchev–Trinajstić information content (AvgIpc) is 2.60. The van der Waals surface area contributed by atoms with E-state index in [1.807, 2.05) is 36.4 Å². The Balaban J connectivity index is 2.20. The van der Waals surface area contributed by atoms with Crippen molar-refractivity contribution in [2.24, 2.45) is 0 Å². The molecule has 0 saturated heterocycles. The molecule has 0 aliphatic heterocycles. The number of pyridine rings is 1. The summed E-state index contributed by atoms with van der Waals surface area (Å²) in [6.45, 7) is 6.20. The SMILES string of the molecule is C=C(N[C@@H](CCC)c1ccccc1)/C(C#N)=C/c1cccc(Br)n1. The number of benzene rings is 1. The van der Waals surface area contributed by atoms with Gasteiger partial charge in [0.2, 0.25) is 0 Å². The van der Waals surface area contributed by atoms with Gasteiger partial charge in [0.05, 0.1) is 17.3 Å². The summed E-state index contributed by atoms with van der Waals surface area (Å²) in [5.41, 5.74) is 3.01. The van der Waals surface area contributed by atoms with Crippen LogP contribution in [0.2, 0.25) is 0 Å². The second kappa shape index (κ2) is 9.05. The number of aromatic nitrogens is 1. The molecule has 3 nitrogen and oxygen atoms in total. The van der Waals surface area contributed by atoms with Crippen LogP contribution in [0.1, 0.15) is 37.1 Å². The number of nitrogens with one attached hydrogen (secondary N) is 1. The third-order valence-corrected chi connectivity index (χ3v) is 4.04. The average molecular weight is 382 g/mol. The maximum absolute atomic E-state index is 9.48. The Kier molecular flexibility index (Phi) is 6.77. The van der Waals surface area contributed by atoms with Gasteiger partial charge in [0.1, 0.15) is 10.7 Å². The number of rotatable bonds is 7. The second-order valence-corrected chi connectivity index (χ2v) is 6.24. The molecule has 24 heavy (non-hydrogen) atoms. The van der Waals surface area contributed by atoms with Crippen molar-refractivity contribution < 1.29 is 0 Å². The molecular weight excluding hydrogens is 362 g/mol. The molecule has 1 atom stereocenters. The minimum Gasteiger partial charge on any atom is -0.378 e. The summed E-state index contributed by atoms with van der Waals surface area (Å²) in [5, 5.41) is 12.9. The highest BCUT2D eigenvalue weighted by Gasteiger charge is 2.13. The molecule has 1 aromatic heterocycles. The Morgan fingerprint density at radius 3 is 2.67 bits per heavy atom. The minimum atomic E-state index is 0.135. The molecule has 2 rings (SSSR count). The van der Waals surface area contributed by atoms with Crippen molar-refractivity contribution in [3.63, 3.8) is 0 Å². The van der Waals surface area contributed by atoms with Crippen LogP contribution in [0.4, 0.5) is 0 Å². The molecule has 0 saturated carbocycles. The van der Waals surface area contributed by atoms with E-state index in [9.17, 15) is 5.26 Å². The van der Waals surface area contributed by atoms with Crippen molar-refractivity contribution in [2.45, 2.75) is 25.8 Å². The predicted molar refractivity (Wildman–Crippen MR) is 102 cm³/mol. The standard InChI is InChI=1S/C20H20BrN3/c1-3-8-19(16-9-5-4-6-10-16)23-15(2)17(14-22)13-18-11-7-12-20(21)24-18/h4-7,9-13,19,23H,2-3,8H2,1H3/b17-13+/t19-/m0/s1. The van der Waals surface area contributed by atoms with E-state index >= 15 is 0 Å². The molecular formula is C20H20BrN3. The van der Waals surface area contributed by atoms with Gasteiger partial charge in [-0.1, -0.05) is 56.3 Å². The molecule has 0 radical (unpaired) electrons. The van der Waals surface area contributed by atoms with Gasteiger partial charge >= 0.3 is 0 Å². The molecule has 0 fully saturated rings. The fourth-order valence-corrected chi connectivity index (χ4v) is 2.78. The van der Waals surface area contributed by atoms with Gasteiger partial charge in [0.15, 0.2) is 0 Å². The van der Waals surface area contributed by atoms with Crippen LogP contribution in [-0.2, 0) is 0 Å². The lowest BCUT2D eigenvalue weighted by atomic mass is 10.0. The lowest BCUT2D eigenvalue weighted by Gasteiger charge is -2.21. The molecule has 0 bridgehead atoms. The lowest BCUT2D eigenvalue weighted by molar-refractivity contribution is 0.550. The third-order valence-electron chi connectivity index (χ3n) is 3.60. The fraction of sp³-hybridized carbons (Fsp3) is 0.200. The number of halogens is 1. The Morgan fingerprint density at radius 2 is 2.04 bits per heavy atom. The van der Waals surface area contributed by atoms with E-state index in [1.54, 1.807) is 6.08 Å². The molecule has 2 aromatic rings. The first-order valence-electron chi connectivity index (χ1n) is 7.89. The number of nitrogens with zero attached hydrogens (tertiary/aromatic N) is 2. The maximum atomic E-state index is 9.48. The summed E-state index contributed by atoms with van der Waals surface area (Å²) in [6.07, 6.45) is 3.75. The van der Waals surface area contributed by atoms with Crippen LogP contribution in [0, 0.1) is 11.3 Å². The third kappa shape index (κ3) is 5.07. The molecule has 1 aromatic carbocycles. The molecule has 1 N–H and O–H groups in total. The lowest BCUT2D eigenvalue weighted by Crippen LogP contribution is -2.21. The van der Waals surface area contributed by atoms with Crippen LogP contribution in [0.3, 0.4) is 0 Å². The van der Waals surface area contributed by atoms with Gasteiger partial charge in [0, 0.05) is 5.70 Å². The Labute approximate surface area is 151 Å². The van der Waals surface area contributed by atoms with E-state index in [0.717, 1.165) is 23.1 Å². The first-order valence-corrected chi connectivity index (χ1v) is 8.68. The molecule has 4 heteroatoms. The summed E-state index contributed by atoms with van der Waals surface area (Å²) in [6, 6.07) is 18.2. The second-order valence-electron chi connectivity index (χ2n) is 5.43. The predicted octanol–water partition coefficient (Wildman–Crippen LogP) is 5.40. The van der Waals surface area contributed by atoms with Gasteiger partial charge < -0.3 is 5.32 Å². The highest BCUT2D eigenvalue weighted by Crippen LogP contribution is 2.22. The first-order chi connectivity index (χ1) is 11.6. The van der Waals surface area contributed by atoms with Crippen LogP contribution in [-0.4, -0.2) is 4.98 Å². The molecule has 1 heterocycles. The summed E-state index contributed by atoms with van der Waals surface area (Å²) in [4.78, 5) is 4.34. The van der Waals surface area contributed by atoms with Gasteiger partial charge in [0.25, 0.3) is 0 Å². The maximum Gasteiger partial charge on any atom is 0.106 e. The van der Waals surface area contributed by atoms with E-state index in [2.05, 4.69) is 57.9 Å². The Morgan fingerprint density at radius 1 is 1.29 bits per heavy atom. The number of hydrogen-bond acceptors (Lipinski definition) is 3. The summed E-state index contributed by atoms with van der Waals surface area (Å²) in [5.74, 6) is 0. The highest BCUT2D eigenvalue weighted by molar-refractivity contribution is 9.10. The van der Waals surface area contributed by atoms with Gasteiger partial charge in [-0.15, -0.1) is 0 Å². The zero-order valence-electron chi connectivity index (χ0n) is 13.7. The zero-order chi connectivity index (χ0) is 17.4. The topological polar surface area (TPSA) is 48.7 Å². The first kappa shape index (κ1) is 18.0. The highest BCUT2D eigenvalue weighted by atomic mass is 79.9. The van der Waals surface area contributed by atoms with Crippen LogP contribution in [0.15, 0.2) is 71.0 Å². The van der Waals surface area contributed by atoms with Crippen molar-refractivity contribution in [3.8, 4) is 6.07 Å². The summed E-state index contributed by atoms with van der Waals surface area (Å²) < 4.78 is 0.736. The van der Waals surface area contributed by atoms with E-state index in [0.29, 0.717) is 11.3 Å². The quantitative estimate of drug-likeness (QED) is 0.397. The molecule has 0 unspecified atom stereocenters. The van der Waals surface area contributed by atoms with Gasteiger partial charge in [-0.05, 0) is 46.1 Å². The Bertz CT molecular complexity index is 760. The largest absolute Gasteiger partial charge is 0.378 e. The molecule has 0 spiro atoms. The zero-order valence-corrected chi connectivity index (χ0v) is 15.3. The summed E-state index contributed by atoms with van der Waals surface area (Å²) in [7, 11) is 0. The van der Waals surface area contributed by atoms with Crippen molar-refractivity contribution in [1.82, 2.24) is 10.3 Å². The fourth-order valence-electron chi connectivity index (χ4n) is 2.42. The molecule has 122 valence electrons. The van der Waals surface area contributed by atoms with E-state index in [1.165, 1.54) is 5.56 Å². The van der Waals surface area contributed by atoms with Gasteiger partial charge in [-0.3, -0.25) is 0 Å². The number of hydrogen-bond donors (Lipinski definition) is 1. The van der Waals surface area contributed by atoms with Crippen molar-refractivity contribution in [3.05, 3.63) is 82.2 Å².